The second-order valence-electron chi connectivity index (χ2n) is 1.57. The van der Waals surface area contributed by atoms with Crippen LogP contribution in [0.25, 0.3) is 0 Å². The van der Waals surface area contributed by atoms with Gasteiger partial charge in [-0.05, 0) is 0 Å². The quantitative estimate of drug-likeness (QED) is 0.473. The maximum atomic E-state index is 8.84. The van der Waals surface area contributed by atoms with Gasteiger partial charge in [-0.15, -0.1) is 0 Å². The van der Waals surface area contributed by atoms with E-state index in [9.17, 15) is 0 Å². The molecule has 9 heavy (non-hydrogen) atoms. The number of hydrogen-bond acceptors (Lipinski definition) is 4. The Bertz CT molecular complexity index is 211. The maximum Gasteiger partial charge on any atom is 0.151 e. The lowest BCUT2D eigenvalue weighted by atomic mass is 10.2. The second kappa shape index (κ2) is 2.18. The molecule has 2 N–H and O–H groups in total. The first-order chi connectivity index (χ1) is 4.34. The van der Waals surface area contributed by atoms with Crippen molar-refractivity contribution in [3.8, 4) is 6.07 Å². The van der Waals surface area contributed by atoms with Crippen LogP contribution in [0.3, 0.4) is 0 Å². The third kappa shape index (κ3) is 0.995. The number of nitrogens with one attached hydrogen (secondary N) is 1. The monoisotopic (exact) mass is 123 g/mol. The van der Waals surface area contributed by atoms with E-state index >= 15 is 0 Å². The molecule has 1 rings (SSSR count). The first-order valence-corrected chi connectivity index (χ1v) is 2.42. The molecule has 1 aliphatic rings. The van der Waals surface area contributed by atoms with E-state index in [2.05, 4.69) is 10.5 Å². The largest absolute Gasteiger partial charge is 0.505 e. The van der Waals surface area contributed by atoms with Crippen molar-refractivity contribution in [1.29, 1.82) is 5.26 Å². The van der Waals surface area contributed by atoms with E-state index in [1.54, 1.807) is 0 Å². The molecule has 0 amide bonds. The number of aliphatic hydroxyl groups is 1. The molecular formula is C5H5N3O. The topological polar surface area (TPSA) is 68.4 Å². The first kappa shape index (κ1) is 5.63. The predicted molar refractivity (Wildman–Crippen MR) is 31.8 cm³/mol. The smallest absolute Gasteiger partial charge is 0.151 e. The molecule has 0 atom stereocenters. The molecule has 0 radical (unpaired) electrons. The summed E-state index contributed by atoms with van der Waals surface area (Å²) >= 11 is 0. The molecule has 0 saturated carbocycles. The molecule has 0 bridgehead atoms. The highest BCUT2D eigenvalue weighted by Crippen LogP contribution is 1.98. The number of rotatable bonds is 0. The van der Waals surface area contributed by atoms with Gasteiger partial charge in [-0.3, -0.25) is 0 Å². The Kier molecular flexibility index (Phi) is 1.36. The van der Waals surface area contributed by atoms with Crippen LogP contribution in [0.15, 0.2) is 16.4 Å². The zero-order chi connectivity index (χ0) is 6.69. The van der Waals surface area contributed by atoms with Crippen molar-refractivity contribution in [3.05, 3.63) is 11.3 Å². The normalized spacial score (nSPS) is 16.8. The number of nitriles is 1. The van der Waals surface area contributed by atoms with Crippen LogP contribution in [-0.4, -0.2) is 17.9 Å². The highest BCUT2D eigenvalue weighted by Gasteiger charge is 2.04. The van der Waals surface area contributed by atoms with Crippen LogP contribution in [0.5, 0.6) is 0 Å². The summed E-state index contributed by atoms with van der Waals surface area (Å²) in [5.74, 6) is -0.0451. The van der Waals surface area contributed by atoms with Gasteiger partial charge >= 0.3 is 0 Å². The van der Waals surface area contributed by atoms with E-state index in [4.69, 9.17) is 10.4 Å². The Morgan fingerprint density at radius 2 is 2.67 bits per heavy atom. The second-order valence-corrected chi connectivity index (χ2v) is 1.57. The van der Waals surface area contributed by atoms with Crippen LogP contribution < -0.4 is 5.43 Å². The Labute approximate surface area is 52.1 Å². The standard InChI is InChI=1S/C5H5N3O/c6-1-4-2-7-8-3-5(4)9/h3,7,9H,2H2. The van der Waals surface area contributed by atoms with Crippen LogP contribution in [-0.2, 0) is 0 Å². The molecule has 1 heterocycles. The third-order valence-corrected chi connectivity index (χ3v) is 0.978. The Morgan fingerprint density at radius 3 is 3.11 bits per heavy atom. The van der Waals surface area contributed by atoms with E-state index in [1.807, 2.05) is 6.07 Å². The molecule has 46 valence electrons. The average Bonchev–Trinajstić information content (AvgIpc) is 1.89. The molecule has 0 aromatic heterocycles. The van der Waals surface area contributed by atoms with Gasteiger partial charge in [0, 0.05) is 0 Å². The molecular weight excluding hydrogens is 118 g/mol. The minimum absolute atomic E-state index is 0.0451. The summed E-state index contributed by atoms with van der Waals surface area (Å²) in [7, 11) is 0. The molecule has 0 unspecified atom stereocenters. The highest BCUT2D eigenvalue weighted by atomic mass is 16.3. The molecule has 1 aliphatic heterocycles. The fourth-order valence-corrected chi connectivity index (χ4v) is 0.497. The van der Waals surface area contributed by atoms with Crippen molar-refractivity contribution in [1.82, 2.24) is 5.43 Å². The summed E-state index contributed by atoms with van der Waals surface area (Å²) in [6.07, 6.45) is 1.21. The van der Waals surface area contributed by atoms with Gasteiger partial charge in [-0.2, -0.15) is 10.4 Å². The van der Waals surface area contributed by atoms with E-state index in [0.29, 0.717) is 12.1 Å². The van der Waals surface area contributed by atoms with E-state index in [-0.39, 0.29) is 5.76 Å². The van der Waals surface area contributed by atoms with Crippen LogP contribution in [0.1, 0.15) is 0 Å². The zero-order valence-electron chi connectivity index (χ0n) is 4.63. The van der Waals surface area contributed by atoms with Crippen LogP contribution in [0.4, 0.5) is 0 Å². The van der Waals surface area contributed by atoms with Crippen molar-refractivity contribution in [2.75, 3.05) is 6.54 Å². The Balaban J connectivity index is 2.88. The van der Waals surface area contributed by atoms with Crippen molar-refractivity contribution in [2.45, 2.75) is 0 Å². The SMILES string of the molecule is N#CC1=C(O)C=NNC1. The Morgan fingerprint density at radius 1 is 1.89 bits per heavy atom. The number of nitrogens with zero attached hydrogens (tertiary/aromatic N) is 2. The molecule has 0 aromatic rings. The predicted octanol–water partition coefficient (Wildman–Crippen LogP) is -0.0889. The van der Waals surface area contributed by atoms with E-state index in [0.717, 1.165) is 0 Å². The number of aliphatic hydroxyl groups excluding tert-OH is 1. The number of hydrogen-bond donors (Lipinski definition) is 2. The summed E-state index contributed by atoms with van der Waals surface area (Å²) in [5, 5.41) is 20.7. The molecule has 0 fully saturated rings. The van der Waals surface area contributed by atoms with Gasteiger partial charge in [0.1, 0.15) is 6.07 Å². The van der Waals surface area contributed by atoms with Crippen molar-refractivity contribution in [2.24, 2.45) is 5.10 Å². The number of hydrazone groups is 1. The van der Waals surface area contributed by atoms with Gasteiger partial charge in [0.15, 0.2) is 5.76 Å². The van der Waals surface area contributed by atoms with Gasteiger partial charge in [-0.25, -0.2) is 0 Å². The average molecular weight is 123 g/mol. The van der Waals surface area contributed by atoms with Crippen molar-refractivity contribution >= 4 is 6.21 Å². The molecule has 0 aromatic carbocycles. The minimum atomic E-state index is -0.0451. The van der Waals surface area contributed by atoms with Gasteiger partial charge in [0.2, 0.25) is 0 Å². The van der Waals surface area contributed by atoms with Gasteiger partial charge < -0.3 is 10.5 Å². The maximum absolute atomic E-state index is 8.84. The minimum Gasteiger partial charge on any atom is -0.505 e. The fraction of sp³-hybridized carbons (Fsp3) is 0.200. The molecule has 4 nitrogen and oxygen atoms in total. The lowest BCUT2D eigenvalue weighted by Gasteiger charge is -2.04. The lowest BCUT2D eigenvalue weighted by Crippen LogP contribution is -2.16. The molecule has 0 saturated heterocycles. The summed E-state index contributed by atoms with van der Waals surface area (Å²) in [6.45, 7) is 0.318. The summed E-state index contributed by atoms with van der Waals surface area (Å²) in [5.41, 5.74) is 2.87. The lowest BCUT2D eigenvalue weighted by molar-refractivity contribution is 0.435. The highest BCUT2D eigenvalue weighted by molar-refractivity contribution is 5.78. The van der Waals surface area contributed by atoms with E-state index in [1.165, 1.54) is 6.21 Å². The van der Waals surface area contributed by atoms with Crippen molar-refractivity contribution < 1.29 is 5.11 Å². The van der Waals surface area contributed by atoms with Crippen LogP contribution in [0.2, 0.25) is 0 Å². The van der Waals surface area contributed by atoms with E-state index < -0.39 is 0 Å². The third-order valence-electron chi connectivity index (χ3n) is 0.978. The summed E-state index contributed by atoms with van der Waals surface area (Å²) in [4.78, 5) is 0. The Hall–Kier alpha value is -1.50. The fourth-order valence-electron chi connectivity index (χ4n) is 0.497. The van der Waals surface area contributed by atoms with Crippen molar-refractivity contribution in [3.63, 3.8) is 0 Å². The summed E-state index contributed by atoms with van der Waals surface area (Å²) < 4.78 is 0. The van der Waals surface area contributed by atoms with Gasteiger partial charge in [0.05, 0.1) is 18.3 Å². The summed E-state index contributed by atoms with van der Waals surface area (Å²) in [6, 6.07) is 1.83. The molecule has 0 aliphatic carbocycles. The van der Waals surface area contributed by atoms with Crippen LogP contribution in [0, 0.1) is 11.3 Å². The van der Waals surface area contributed by atoms with Crippen LogP contribution >= 0.6 is 0 Å². The first-order valence-electron chi connectivity index (χ1n) is 2.42. The molecule has 4 heteroatoms. The van der Waals surface area contributed by atoms with Gasteiger partial charge in [0.25, 0.3) is 0 Å². The zero-order valence-corrected chi connectivity index (χ0v) is 4.63. The van der Waals surface area contributed by atoms with Gasteiger partial charge in [-0.1, -0.05) is 0 Å². The number of allylic oxidation sites excluding steroid dienone is 1. The molecule has 0 spiro atoms.